The standard InChI is InChI=1S/C13H15ClO5S/c1-19-7-13(12(15)16)10(11(13)20(2,17)18)8-3-5-9(14)6-4-8/h3-6,10-11H,7H2,1-2H3,(H,15,16)/t10-,11-,13-/m0/s1. The summed E-state index contributed by atoms with van der Waals surface area (Å²) in [6.45, 7) is -0.145. The summed E-state index contributed by atoms with van der Waals surface area (Å²) in [4.78, 5) is 11.6. The number of hydrogen-bond acceptors (Lipinski definition) is 4. The second-order valence-corrected chi connectivity index (χ2v) is 7.66. The fourth-order valence-electron chi connectivity index (χ4n) is 2.90. The van der Waals surface area contributed by atoms with Gasteiger partial charge in [-0.2, -0.15) is 0 Å². The van der Waals surface area contributed by atoms with Crippen LogP contribution in [0.2, 0.25) is 5.02 Å². The van der Waals surface area contributed by atoms with Gasteiger partial charge >= 0.3 is 5.97 Å². The molecule has 0 heterocycles. The van der Waals surface area contributed by atoms with Gasteiger partial charge in [0.2, 0.25) is 0 Å². The number of carboxylic acids is 1. The third-order valence-electron chi connectivity index (χ3n) is 3.73. The van der Waals surface area contributed by atoms with Gasteiger partial charge in [0.25, 0.3) is 0 Å². The summed E-state index contributed by atoms with van der Waals surface area (Å²) >= 11 is 5.80. The number of halogens is 1. The van der Waals surface area contributed by atoms with Gasteiger partial charge in [-0.25, -0.2) is 8.42 Å². The molecule has 1 aliphatic rings. The van der Waals surface area contributed by atoms with Crippen LogP contribution in [0.5, 0.6) is 0 Å². The fraction of sp³-hybridized carbons (Fsp3) is 0.462. The summed E-state index contributed by atoms with van der Waals surface area (Å²) in [5.41, 5.74) is -0.778. The Morgan fingerprint density at radius 2 is 1.95 bits per heavy atom. The van der Waals surface area contributed by atoms with Gasteiger partial charge in [-0.3, -0.25) is 4.79 Å². The Kier molecular flexibility index (Phi) is 3.83. The van der Waals surface area contributed by atoms with Crippen LogP contribution >= 0.6 is 11.6 Å². The molecular formula is C13H15ClO5S. The highest BCUT2D eigenvalue weighted by Crippen LogP contribution is 2.63. The second-order valence-electron chi connectivity index (χ2n) is 5.06. The highest BCUT2D eigenvalue weighted by Gasteiger charge is 2.74. The molecule has 1 aliphatic carbocycles. The molecule has 0 aliphatic heterocycles. The first-order chi connectivity index (χ1) is 9.25. The van der Waals surface area contributed by atoms with Gasteiger partial charge in [0.15, 0.2) is 9.84 Å². The smallest absolute Gasteiger partial charge is 0.314 e. The summed E-state index contributed by atoms with van der Waals surface area (Å²) in [6, 6.07) is 6.55. The van der Waals surface area contributed by atoms with E-state index >= 15 is 0 Å². The van der Waals surface area contributed by atoms with E-state index in [1.165, 1.54) is 7.11 Å². The SMILES string of the molecule is COC[C@]1(C(=O)O)[C@@H](c2ccc(Cl)cc2)[C@@H]1S(C)(=O)=O. The molecule has 0 amide bonds. The quantitative estimate of drug-likeness (QED) is 0.891. The Labute approximate surface area is 122 Å². The molecule has 20 heavy (non-hydrogen) atoms. The highest BCUT2D eigenvalue weighted by atomic mass is 35.5. The van der Waals surface area contributed by atoms with E-state index in [0.29, 0.717) is 10.6 Å². The second kappa shape index (κ2) is 5.02. The van der Waals surface area contributed by atoms with Crippen molar-refractivity contribution in [1.29, 1.82) is 0 Å². The van der Waals surface area contributed by atoms with Gasteiger partial charge in [0.05, 0.1) is 11.9 Å². The summed E-state index contributed by atoms with van der Waals surface area (Å²) in [5.74, 6) is -1.78. The van der Waals surface area contributed by atoms with Crippen LogP contribution in [0, 0.1) is 5.41 Å². The van der Waals surface area contributed by atoms with Crippen molar-refractivity contribution in [2.75, 3.05) is 20.0 Å². The van der Waals surface area contributed by atoms with Crippen molar-refractivity contribution in [2.45, 2.75) is 11.2 Å². The average Bonchev–Trinajstić information content (AvgIpc) is 3.01. The molecule has 0 spiro atoms. The number of ether oxygens (including phenoxy) is 1. The van der Waals surface area contributed by atoms with Crippen molar-refractivity contribution < 1.29 is 23.1 Å². The van der Waals surface area contributed by atoms with Gasteiger partial charge < -0.3 is 9.84 Å². The number of aliphatic carboxylic acids is 1. The first-order valence-electron chi connectivity index (χ1n) is 5.92. The molecule has 0 radical (unpaired) electrons. The van der Waals surface area contributed by atoms with Gasteiger partial charge in [0.1, 0.15) is 5.41 Å². The Morgan fingerprint density at radius 3 is 2.35 bits per heavy atom. The largest absolute Gasteiger partial charge is 0.481 e. The lowest BCUT2D eigenvalue weighted by atomic mass is 10.0. The van der Waals surface area contributed by atoms with Crippen molar-refractivity contribution in [3.8, 4) is 0 Å². The molecule has 0 bridgehead atoms. The van der Waals surface area contributed by atoms with Gasteiger partial charge in [-0.1, -0.05) is 23.7 Å². The molecule has 2 rings (SSSR count). The molecule has 5 nitrogen and oxygen atoms in total. The van der Waals surface area contributed by atoms with Crippen LogP contribution in [0.25, 0.3) is 0 Å². The molecule has 1 fully saturated rings. The number of sulfone groups is 1. The number of carboxylic acid groups (broad SMARTS) is 1. The normalized spacial score (nSPS) is 29.1. The van der Waals surface area contributed by atoms with E-state index in [1.807, 2.05) is 0 Å². The topological polar surface area (TPSA) is 80.7 Å². The van der Waals surface area contributed by atoms with Crippen LogP contribution in [0.1, 0.15) is 11.5 Å². The molecule has 1 aromatic carbocycles. The summed E-state index contributed by atoms with van der Waals surface area (Å²) in [6.07, 6.45) is 1.06. The minimum atomic E-state index is -3.51. The number of benzene rings is 1. The summed E-state index contributed by atoms with van der Waals surface area (Å²) in [7, 11) is -2.14. The van der Waals surface area contributed by atoms with Gasteiger partial charge in [-0.15, -0.1) is 0 Å². The zero-order chi connectivity index (χ0) is 15.1. The zero-order valence-electron chi connectivity index (χ0n) is 11.0. The lowest BCUT2D eigenvalue weighted by Gasteiger charge is -2.11. The number of methoxy groups -OCH3 is 1. The average molecular weight is 319 g/mol. The van der Waals surface area contributed by atoms with Crippen molar-refractivity contribution in [1.82, 2.24) is 0 Å². The van der Waals surface area contributed by atoms with E-state index in [4.69, 9.17) is 16.3 Å². The van der Waals surface area contributed by atoms with Crippen molar-refractivity contribution in [2.24, 2.45) is 5.41 Å². The minimum Gasteiger partial charge on any atom is -0.481 e. The van der Waals surface area contributed by atoms with E-state index < -0.39 is 32.4 Å². The van der Waals surface area contributed by atoms with Crippen LogP contribution in [-0.4, -0.2) is 44.7 Å². The maximum atomic E-state index is 11.9. The minimum absolute atomic E-state index is 0.145. The van der Waals surface area contributed by atoms with Gasteiger partial charge in [-0.05, 0) is 17.7 Å². The Balaban J connectivity index is 2.49. The molecule has 1 aromatic rings. The Morgan fingerprint density at radius 1 is 1.40 bits per heavy atom. The predicted molar refractivity (Wildman–Crippen MR) is 74.8 cm³/mol. The first-order valence-corrected chi connectivity index (χ1v) is 8.25. The van der Waals surface area contributed by atoms with E-state index in [-0.39, 0.29) is 6.61 Å². The molecule has 7 heteroatoms. The first kappa shape index (κ1) is 15.3. The van der Waals surface area contributed by atoms with Crippen LogP contribution in [-0.2, 0) is 19.4 Å². The van der Waals surface area contributed by atoms with E-state index in [1.54, 1.807) is 24.3 Å². The molecule has 3 atom stereocenters. The van der Waals surface area contributed by atoms with E-state index in [0.717, 1.165) is 6.26 Å². The number of rotatable bonds is 5. The third kappa shape index (κ3) is 2.32. The molecule has 0 unspecified atom stereocenters. The lowest BCUT2D eigenvalue weighted by Crippen LogP contribution is -2.28. The van der Waals surface area contributed by atoms with Crippen molar-refractivity contribution in [3.05, 3.63) is 34.9 Å². The lowest BCUT2D eigenvalue weighted by molar-refractivity contribution is -0.145. The van der Waals surface area contributed by atoms with Crippen LogP contribution in [0.3, 0.4) is 0 Å². The van der Waals surface area contributed by atoms with E-state index in [9.17, 15) is 18.3 Å². The predicted octanol–water partition coefficient (Wildman–Crippen LogP) is 1.57. The third-order valence-corrected chi connectivity index (χ3v) is 5.60. The monoisotopic (exact) mass is 318 g/mol. The van der Waals surface area contributed by atoms with Crippen LogP contribution < -0.4 is 0 Å². The molecule has 1 N–H and O–H groups in total. The maximum absolute atomic E-state index is 11.9. The zero-order valence-corrected chi connectivity index (χ0v) is 12.6. The van der Waals surface area contributed by atoms with Gasteiger partial charge in [0, 0.05) is 24.3 Å². The fourth-order valence-corrected chi connectivity index (χ4v) is 4.92. The van der Waals surface area contributed by atoms with E-state index in [2.05, 4.69) is 0 Å². The summed E-state index contributed by atoms with van der Waals surface area (Å²) < 4.78 is 28.7. The molecular weight excluding hydrogens is 304 g/mol. The molecule has 0 aromatic heterocycles. The van der Waals surface area contributed by atoms with Crippen molar-refractivity contribution >= 4 is 27.4 Å². The highest BCUT2D eigenvalue weighted by molar-refractivity contribution is 7.91. The molecule has 1 saturated carbocycles. The van der Waals surface area contributed by atoms with Crippen LogP contribution in [0.4, 0.5) is 0 Å². The Bertz CT molecular complexity index is 625. The van der Waals surface area contributed by atoms with Crippen LogP contribution in [0.15, 0.2) is 24.3 Å². The Hall–Kier alpha value is -1.11. The number of carbonyl (C=O) groups is 1. The maximum Gasteiger partial charge on any atom is 0.314 e. The summed E-state index contributed by atoms with van der Waals surface area (Å²) in [5, 5.41) is 9.02. The van der Waals surface area contributed by atoms with Crippen molar-refractivity contribution in [3.63, 3.8) is 0 Å². The molecule has 110 valence electrons. The molecule has 0 saturated heterocycles. The number of hydrogen-bond donors (Lipinski definition) is 1.